The van der Waals surface area contributed by atoms with E-state index in [1.165, 1.54) is 96.1 Å². The minimum atomic E-state index is -1.07. The first kappa shape index (κ1) is 36.3. The summed E-state index contributed by atoms with van der Waals surface area (Å²) < 4.78 is 26.3. The number of carbonyl (C=O) groups excluding carboxylic acids is 3. The van der Waals surface area contributed by atoms with Crippen LogP contribution in [0.15, 0.2) is 72.8 Å². The van der Waals surface area contributed by atoms with Crippen molar-refractivity contribution in [2.24, 2.45) is 0 Å². The fourth-order valence-corrected chi connectivity index (χ4v) is 4.77. The quantitative estimate of drug-likeness (QED) is 0.0654. The maximum Gasteiger partial charge on any atom is 0.347 e. The van der Waals surface area contributed by atoms with Crippen molar-refractivity contribution in [1.82, 2.24) is 0 Å². The van der Waals surface area contributed by atoms with Crippen LogP contribution in [0.5, 0.6) is 11.5 Å². The molecule has 248 valence electrons. The molecule has 0 radical (unpaired) electrons. The molecule has 0 fully saturated rings. The zero-order valence-electron chi connectivity index (χ0n) is 27.5. The maximum atomic E-state index is 12.7. The molecule has 1 unspecified atom stereocenters. The molecule has 8 nitrogen and oxygen atoms in total. The number of hydrogen-bond acceptors (Lipinski definition) is 8. The lowest BCUT2D eigenvalue weighted by molar-refractivity contribution is -0.154. The summed E-state index contributed by atoms with van der Waals surface area (Å²) >= 11 is 0. The van der Waals surface area contributed by atoms with Crippen LogP contribution in [0.3, 0.4) is 0 Å². The van der Waals surface area contributed by atoms with Crippen molar-refractivity contribution < 1.29 is 38.1 Å². The molecule has 0 amide bonds. The molecule has 46 heavy (non-hydrogen) atoms. The van der Waals surface area contributed by atoms with E-state index >= 15 is 0 Å². The van der Waals surface area contributed by atoms with E-state index in [-0.39, 0.29) is 24.5 Å². The van der Waals surface area contributed by atoms with Gasteiger partial charge in [-0.05, 0) is 73.0 Å². The molecule has 0 N–H and O–H groups in total. The Kier molecular flexibility index (Phi) is 16.4. The Balaban J connectivity index is 1.38. The van der Waals surface area contributed by atoms with Gasteiger partial charge in [0.25, 0.3) is 0 Å². The van der Waals surface area contributed by atoms with E-state index in [0.717, 1.165) is 29.9 Å². The van der Waals surface area contributed by atoms with Gasteiger partial charge in [-0.25, -0.2) is 14.4 Å². The van der Waals surface area contributed by atoms with Crippen LogP contribution in [0.1, 0.15) is 98.8 Å². The van der Waals surface area contributed by atoms with Crippen LogP contribution >= 0.6 is 0 Å². The molecular weight excluding hydrogens is 584 g/mol. The molecule has 0 saturated carbocycles. The molecule has 0 bridgehead atoms. The molecule has 0 spiro atoms. The summed E-state index contributed by atoms with van der Waals surface area (Å²) in [6.45, 7) is 4.73. The van der Waals surface area contributed by atoms with Crippen molar-refractivity contribution in [3.8, 4) is 22.6 Å². The molecule has 3 rings (SSSR count). The number of carbonyl (C=O) groups is 3. The fraction of sp³-hybridized carbons (Fsp3) is 0.447. The first-order valence-electron chi connectivity index (χ1n) is 16.4. The van der Waals surface area contributed by atoms with Crippen LogP contribution in [0.4, 0.5) is 0 Å². The summed E-state index contributed by atoms with van der Waals surface area (Å²) in [6, 6.07) is 21.0. The number of esters is 3. The predicted molar refractivity (Wildman–Crippen MR) is 178 cm³/mol. The fourth-order valence-electron chi connectivity index (χ4n) is 4.77. The summed E-state index contributed by atoms with van der Waals surface area (Å²) in [5.74, 6) is -0.758. The third kappa shape index (κ3) is 13.1. The standard InChI is InChI=1S/C38H48O8/c1-4-5-6-7-8-9-10-11-12-13-26-43-34-22-18-31(19-23-34)30-14-16-32(17-15-30)38(41)46-35-24-20-33(21-25-35)37(40)45-29(2)36(39)44-28-27-42-3/h14-25,29H,4-13,26-28H2,1-3H3. The van der Waals surface area contributed by atoms with E-state index < -0.39 is 24.0 Å². The van der Waals surface area contributed by atoms with Crippen LogP contribution in [-0.4, -0.2) is 50.9 Å². The molecule has 0 aliphatic carbocycles. The Morgan fingerprint density at radius 1 is 0.587 bits per heavy atom. The third-order valence-electron chi connectivity index (χ3n) is 7.52. The van der Waals surface area contributed by atoms with Gasteiger partial charge in [-0.15, -0.1) is 0 Å². The normalized spacial score (nSPS) is 11.5. The predicted octanol–water partition coefficient (Wildman–Crippen LogP) is 8.61. The van der Waals surface area contributed by atoms with Gasteiger partial charge >= 0.3 is 17.9 Å². The Labute approximate surface area is 273 Å². The first-order valence-corrected chi connectivity index (χ1v) is 16.4. The molecule has 0 aliphatic heterocycles. The van der Waals surface area contributed by atoms with Crippen molar-refractivity contribution in [3.63, 3.8) is 0 Å². The molecule has 3 aromatic carbocycles. The number of benzene rings is 3. The highest BCUT2D eigenvalue weighted by atomic mass is 16.6. The number of ether oxygens (including phenoxy) is 5. The Morgan fingerprint density at radius 3 is 1.67 bits per heavy atom. The van der Waals surface area contributed by atoms with E-state index in [1.807, 2.05) is 36.4 Å². The van der Waals surface area contributed by atoms with Crippen LogP contribution in [0.25, 0.3) is 11.1 Å². The number of methoxy groups -OCH3 is 1. The number of unbranched alkanes of at least 4 members (excludes halogenated alkanes) is 9. The number of hydrogen-bond donors (Lipinski definition) is 0. The van der Waals surface area contributed by atoms with Gasteiger partial charge in [0.1, 0.15) is 18.1 Å². The summed E-state index contributed by atoms with van der Waals surface area (Å²) in [6.07, 6.45) is 11.9. The Bertz CT molecular complexity index is 1320. The largest absolute Gasteiger partial charge is 0.494 e. The highest BCUT2D eigenvalue weighted by molar-refractivity contribution is 5.93. The summed E-state index contributed by atoms with van der Waals surface area (Å²) in [5.41, 5.74) is 2.59. The lowest BCUT2D eigenvalue weighted by Crippen LogP contribution is -2.27. The topological polar surface area (TPSA) is 97.4 Å². The lowest BCUT2D eigenvalue weighted by Gasteiger charge is -2.13. The van der Waals surface area contributed by atoms with Crippen LogP contribution in [0, 0.1) is 0 Å². The molecule has 8 heteroatoms. The molecule has 0 aromatic heterocycles. The monoisotopic (exact) mass is 632 g/mol. The van der Waals surface area contributed by atoms with Gasteiger partial charge in [0, 0.05) is 7.11 Å². The molecule has 3 aromatic rings. The van der Waals surface area contributed by atoms with Gasteiger partial charge in [0.05, 0.1) is 24.3 Å². The van der Waals surface area contributed by atoms with Crippen LogP contribution in [-0.2, 0) is 19.0 Å². The van der Waals surface area contributed by atoms with Gasteiger partial charge in [0.2, 0.25) is 0 Å². The lowest BCUT2D eigenvalue weighted by atomic mass is 10.0. The Hall–Kier alpha value is -4.17. The van der Waals surface area contributed by atoms with Gasteiger partial charge in [-0.2, -0.15) is 0 Å². The smallest absolute Gasteiger partial charge is 0.347 e. The summed E-state index contributed by atoms with van der Waals surface area (Å²) in [7, 11) is 1.49. The summed E-state index contributed by atoms with van der Waals surface area (Å²) in [4.78, 5) is 37.0. The van der Waals surface area contributed by atoms with Crippen LogP contribution in [0.2, 0.25) is 0 Å². The van der Waals surface area contributed by atoms with Gasteiger partial charge in [0.15, 0.2) is 6.10 Å². The molecule has 1 atom stereocenters. The Morgan fingerprint density at radius 2 is 1.09 bits per heavy atom. The van der Waals surface area contributed by atoms with Crippen molar-refractivity contribution in [2.45, 2.75) is 84.2 Å². The second-order valence-corrected chi connectivity index (χ2v) is 11.3. The third-order valence-corrected chi connectivity index (χ3v) is 7.52. The average Bonchev–Trinajstić information content (AvgIpc) is 3.08. The van der Waals surface area contributed by atoms with E-state index in [1.54, 1.807) is 12.1 Å². The van der Waals surface area contributed by atoms with Crippen molar-refractivity contribution in [3.05, 3.63) is 83.9 Å². The van der Waals surface area contributed by atoms with E-state index in [0.29, 0.717) is 5.56 Å². The first-order chi connectivity index (χ1) is 22.4. The minimum Gasteiger partial charge on any atom is -0.494 e. The van der Waals surface area contributed by atoms with Gasteiger partial charge < -0.3 is 23.7 Å². The summed E-state index contributed by atoms with van der Waals surface area (Å²) in [5, 5.41) is 0. The molecule has 0 heterocycles. The minimum absolute atomic E-state index is 0.0715. The second kappa shape index (κ2) is 20.8. The molecule has 0 aliphatic rings. The van der Waals surface area contributed by atoms with E-state index in [2.05, 4.69) is 6.92 Å². The van der Waals surface area contributed by atoms with E-state index in [9.17, 15) is 14.4 Å². The highest BCUT2D eigenvalue weighted by Crippen LogP contribution is 2.24. The SMILES string of the molecule is CCCCCCCCCCCCOc1ccc(-c2ccc(C(=O)Oc3ccc(C(=O)OC(C)C(=O)OCCOC)cc3)cc2)cc1. The number of rotatable bonds is 21. The van der Waals surface area contributed by atoms with Crippen LogP contribution < -0.4 is 9.47 Å². The molecular formula is C38H48O8. The maximum absolute atomic E-state index is 12.7. The van der Waals surface area contributed by atoms with E-state index in [4.69, 9.17) is 23.7 Å². The average molecular weight is 633 g/mol. The zero-order valence-corrected chi connectivity index (χ0v) is 27.5. The van der Waals surface area contributed by atoms with Gasteiger partial charge in [-0.1, -0.05) is 89.0 Å². The van der Waals surface area contributed by atoms with Crippen molar-refractivity contribution in [2.75, 3.05) is 26.9 Å². The van der Waals surface area contributed by atoms with Crippen molar-refractivity contribution >= 4 is 17.9 Å². The second-order valence-electron chi connectivity index (χ2n) is 11.3. The highest BCUT2D eigenvalue weighted by Gasteiger charge is 2.20. The molecule has 0 saturated heterocycles. The van der Waals surface area contributed by atoms with Crippen molar-refractivity contribution in [1.29, 1.82) is 0 Å². The zero-order chi connectivity index (χ0) is 33.0. The van der Waals surface area contributed by atoms with Gasteiger partial charge in [-0.3, -0.25) is 0 Å².